The van der Waals surface area contributed by atoms with Gasteiger partial charge in [-0.3, -0.25) is 4.79 Å². The van der Waals surface area contributed by atoms with E-state index in [0.29, 0.717) is 17.1 Å². The normalized spacial score (nSPS) is 10.5. The van der Waals surface area contributed by atoms with Gasteiger partial charge in [-0.1, -0.05) is 29.3 Å². The molecule has 0 N–H and O–H groups in total. The van der Waals surface area contributed by atoms with Gasteiger partial charge in [0.1, 0.15) is 5.15 Å². The first kappa shape index (κ1) is 14.3. The standard InChI is InChI=1S/C13H12Cl2N2OS/c1-17(5-4-10-3-2-6-19-10)13(18)9-7-11(14)12(15)16-8-9/h2-3,6-8H,4-5H2,1H3. The molecule has 0 saturated carbocycles. The number of rotatable bonds is 4. The number of amides is 1. The van der Waals surface area contributed by atoms with Crippen LogP contribution in [-0.4, -0.2) is 29.4 Å². The molecule has 0 aliphatic heterocycles. The molecule has 0 radical (unpaired) electrons. The van der Waals surface area contributed by atoms with Crippen LogP contribution in [0, 0.1) is 0 Å². The minimum atomic E-state index is -0.109. The molecule has 0 fully saturated rings. The van der Waals surface area contributed by atoms with E-state index in [1.807, 2.05) is 11.4 Å². The van der Waals surface area contributed by atoms with E-state index >= 15 is 0 Å². The van der Waals surface area contributed by atoms with Gasteiger partial charge in [-0.15, -0.1) is 11.3 Å². The highest BCUT2D eigenvalue weighted by Gasteiger charge is 2.13. The molecule has 0 atom stereocenters. The Balaban J connectivity index is 2.00. The van der Waals surface area contributed by atoms with Crippen LogP contribution in [0.5, 0.6) is 0 Å². The predicted octanol–water partition coefficient (Wildman–Crippen LogP) is 3.76. The molecule has 2 aromatic heterocycles. The third kappa shape index (κ3) is 3.69. The maximum atomic E-state index is 12.2. The molecule has 2 heterocycles. The van der Waals surface area contributed by atoms with Crippen molar-refractivity contribution in [2.45, 2.75) is 6.42 Å². The summed E-state index contributed by atoms with van der Waals surface area (Å²) < 4.78 is 0. The number of hydrogen-bond acceptors (Lipinski definition) is 3. The number of likely N-dealkylation sites (N-methyl/N-ethyl adjacent to an activating group) is 1. The number of aromatic nitrogens is 1. The maximum absolute atomic E-state index is 12.2. The summed E-state index contributed by atoms with van der Waals surface area (Å²) in [6, 6.07) is 5.61. The molecule has 2 rings (SSSR count). The molecule has 3 nitrogen and oxygen atoms in total. The monoisotopic (exact) mass is 314 g/mol. The van der Waals surface area contributed by atoms with Crippen molar-refractivity contribution in [2.75, 3.05) is 13.6 Å². The fourth-order valence-electron chi connectivity index (χ4n) is 1.59. The average molecular weight is 315 g/mol. The lowest BCUT2D eigenvalue weighted by Gasteiger charge is -2.16. The molecule has 0 aromatic carbocycles. The van der Waals surface area contributed by atoms with Crippen molar-refractivity contribution < 1.29 is 4.79 Å². The van der Waals surface area contributed by atoms with Gasteiger partial charge in [0.2, 0.25) is 0 Å². The molecular weight excluding hydrogens is 303 g/mol. The van der Waals surface area contributed by atoms with E-state index in [1.165, 1.54) is 11.1 Å². The van der Waals surface area contributed by atoms with Gasteiger partial charge in [-0.05, 0) is 23.9 Å². The zero-order valence-corrected chi connectivity index (χ0v) is 12.6. The van der Waals surface area contributed by atoms with Crippen LogP contribution in [0.15, 0.2) is 29.8 Å². The summed E-state index contributed by atoms with van der Waals surface area (Å²) in [6.07, 6.45) is 2.28. The summed E-state index contributed by atoms with van der Waals surface area (Å²) in [6.45, 7) is 0.652. The Bertz CT molecular complexity index is 572. The fourth-order valence-corrected chi connectivity index (χ4v) is 2.56. The Morgan fingerprint density at radius 2 is 2.26 bits per heavy atom. The number of nitrogens with zero attached hydrogens (tertiary/aromatic N) is 2. The molecule has 0 spiro atoms. The summed E-state index contributed by atoms with van der Waals surface area (Å²) >= 11 is 13.3. The first-order valence-electron chi connectivity index (χ1n) is 5.67. The predicted molar refractivity (Wildman–Crippen MR) is 79.2 cm³/mol. The van der Waals surface area contributed by atoms with Gasteiger partial charge in [-0.25, -0.2) is 4.98 Å². The van der Waals surface area contributed by atoms with Crippen LogP contribution in [0.25, 0.3) is 0 Å². The lowest BCUT2D eigenvalue weighted by atomic mass is 10.2. The van der Waals surface area contributed by atoms with Crippen molar-refractivity contribution in [1.29, 1.82) is 0 Å². The number of thiophene rings is 1. The van der Waals surface area contributed by atoms with E-state index in [0.717, 1.165) is 6.42 Å². The van der Waals surface area contributed by atoms with E-state index in [9.17, 15) is 4.79 Å². The summed E-state index contributed by atoms with van der Waals surface area (Å²) in [5, 5.41) is 2.53. The molecular formula is C13H12Cl2N2OS. The Hall–Kier alpha value is -1.10. The van der Waals surface area contributed by atoms with Crippen LogP contribution >= 0.6 is 34.5 Å². The van der Waals surface area contributed by atoms with Gasteiger partial charge in [-0.2, -0.15) is 0 Å². The maximum Gasteiger partial charge on any atom is 0.255 e. The van der Waals surface area contributed by atoms with Crippen molar-refractivity contribution in [3.05, 3.63) is 50.4 Å². The average Bonchev–Trinajstić information content (AvgIpc) is 2.91. The molecule has 6 heteroatoms. The third-order valence-electron chi connectivity index (χ3n) is 2.66. The number of carbonyl (C=O) groups excluding carboxylic acids is 1. The topological polar surface area (TPSA) is 33.2 Å². The van der Waals surface area contributed by atoms with Crippen molar-refractivity contribution in [3.63, 3.8) is 0 Å². The number of halogens is 2. The van der Waals surface area contributed by atoms with Crippen molar-refractivity contribution in [3.8, 4) is 0 Å². The highest BCUT2D eigenvalue weighted by Crippen LogP contribution is 2.20. The molecule has 0 aliphatic rings. The zero-order chi connectivity index (χ0) is 13.8. The summed E-state index contributed by atoms with van der Waals surface area (Å²) in [5.41, 5.74) is 0.447. The highest BCUT2D eigenvalue weighted by molar-refractivity contribution is 7.09. The van der Waals surface area contributed by atoms with Gasteiger partial charge in [0, 0.05) is 24.7 Å². The summed E-state index contributed by atoms with van der Waals surface area (Å²) in [4.78, 5) is 18.9. The molecule has 2 aromatic rings. The third-order valence-corrected chi connectivity index (χ3v) is 4.29. The van der Waals surface area contributed by atoms with Gasteiger partial charge >= 0.3 is 0 Å². The molecule has 0 saturated heterocycles. The minimum Gasteiger partial charge on any atom is -0.341 e. The second-order valence-electron chi connectivity index (χ2n) is 4.05. The lowest BCUT2D eigenvalue weighted by Crippen LogP contribution is -2.28. The van der Waals surface area contributed by atoms with E-state index in [4.69, 9.17) is 23.2 Å². The number of pyridine rings is 1. The van der Waals surface area contributed by atoms with Crippen molar-refractivity contribution in [2.24, 2.45) is 0 Å². The molecule has 0 unspecified atom stereocenters. The Labute approximate surface area is 125 Å². The summed E-state index contributed by atoms with van der Waals surface area (Å²) in [7, 11) is 1.76. The fraction of sp³-hybridized carbons (Fsp3) is 0.231. The van der Waals surface area contributed by atoms with Gasteiger partial charge < -0.3 is 4.90 Å². The van der Waals surface area contributed by atoms with Crippen LogP contribution in [0.3, 0.4) is 0 Å². The molecule has 19 heavy (non-hydrogen) atoms. The Morgan fingerprint density at radius 3 is 2.89 bits per heavy atom. The minimum absolute atomic E-state index is 0.109. The number of carbonyl (C=O) groups is 1. The van der Waals surface area contributed by atoms with E-state index in [-0.39, 0.29) is 11.1 Å². The lowest BCUT2D eigenvalue weighted by molar-refractivity contribution is 0.0796. The largest absolute Gasteiger partial charge is 0.341 e. The van der Waals surface area contributed by atoms with E-state index in [2.05, 4.69) is 11.1 Å². The zero-order valence-electron chi connectivity index (χ0n) is 10.3. The quantitative estimate of drug-likeness (QED) is 0.805. The van der Waals surface area contributed by atoms with Crippen molar-refractivity contribution >= 4 is 40.4 Å². The van der Waals surface area contributed by atoms with E-state index < -0.39 is 0 Å². The highest BCUT2D eigenvalue weighted by atomic mass is 35.5. The van der Waals surface area contributed by atoms with Crippen LogP contribution in [-0.2, 0) is 6.42 Å². The first-order valence-corrected chi connectivity index (χ1v) is 7.30. The van der Waals surface area contributed by atoms with Crippen LogP contribution in [0.1, 0.15) is 15.2 Å². The second-order valence-corrected chi connectivity index (χ2v) is 5.85. The molecule has 100 valence electrons. The summed E-state index contributed by atoms with van der Waals surface area (Å²) in [5.74, 6) is -0.109. The molecule has 0 bridgehead atoms. The Kier molecular flexibility index (Phi) is 4.80. The van der Waals surface area contributed by atoms with Gasteiger partial charge in [0.15, 0.2) is 0 Å². The van der Waals surface area contributed by atoms with Crippen LogP contribution in [0.2, 0.25) is 10.2 Å². The first-order chi connectivity index (χ1) is 9.08. The number of hydrogen-bond donors (Lipinski definition) is 0. The SMILES string of the molecule is CN(CCc1cccs1)C(=O)c1cnc(Cl)c(Cl)c1. The Morgan fingerprint density at radius 1 is 1.47 bits per heavy atom. The van der Waals surface area contributed by atoms with Crippen LogP contribution in [0.4, 0.5) is 0 Å². The second kappa shape index (κ2) is 6.37. The smallest absolute Gasteiger partial charge is 0.255 e. The van der Waals surface area contributed by atoms with E-state index in [1.54, 1.807) is 29.4 Å². The molecule has 0 aliphatic carbocycles. The van der Waals surface area contributed by atoms with Gasteiger partial charge in [0.25, 0.3) is 5.91 Å². The molecule has 1 amide bonds. The van der Waals surface area contributed by atoms with Crippen LogP contribution < -0.4 is 0 Å². The van der Waals surface area contributed by atoms with Gasteiger partial charge in [0.05, 0.1) is 10.6 Å². The van der Waals surface area contributed by atoms with Crippen molar-refractivity contribution in [1.82, 2.24) is 9.88 Å².